The van der Waals surface area contributed by atoms with E-state index in [1.54, 1.807) is 14.2 Å². The summed E-state index contributed by atoms with van der Waals surface area (Å²) in [5.41, 5.74) is 3.09. The van der Waals surface area contributed by atoms with Gasteiger partial charge in [-0.2, -0.15) is 15.0 Å². The summed E-state index contributed by atoms with van der Waals surface area (Å²) in [6, 6.07) is 22.3. The Morgan fingerprint density at radius 2 is 1.18 bits per heavy atom. The predicted molar refractivity (Wildman–Crippen MR) is 128 cm³/mol. The van der Waals surface area contributed by atoms with Gasteiger partial charge in [0.15, 0.2) is 0 Å². The smallest absolute Gasteiger partial charge is 0.233 e. The molecule has 0 radical (unpaired) electrons. The molecule has 3 aromatic carbocycles. The fourth-order valence-corrected chi connectivity index (χ4v) is 3.05. The average molecular weight is 444 g/mol. The van der Waals surface area contributed by atoms with Crippen LogP contribution >= 0.6 is 0 Å². The van der Waals surface area contributed by atoms with Crippen molar-refractivity contribution in [2.75, 3.05) is 30.2 Å². The Morgan fingerprint density at radius 3 is 1.76 bits per heavy atom. The molecule has 0 unspecified atom stereocenters. The van der Waals surface area contributed by atoms with Crippen LogP contribution in [-0.4, -0.2) is 34.3 Å². The SMILES string of the molecule is COc1ccc(Nc2nc(Nc3cccc(CO)c3)nc(Nc3cccc(OC)c3)n2)cc1. The summed E-state index contributed by atoms with van der Waals surface area (Å²) in [4.78, 5) is 13.5. The van der Waals surface area contributed by atoms with Gasteiger partial charge < -0.3 is 30.5 Å². The van der Waals surface area contributed by atoms with E-state index in [9.17, 15) is 5.11 Å². The van der Waals surface area contributed by atoms with Crippen LogP contribution in [0.5, 0.6) is 11.5 Å². The van der Waals surface area contributed by atoms with Gasteiger partial charge in [-0.15, -0.1) is 0 Å². The minimum absolute atomic E-state index is 0.0559. The van der Waals surface area contributed by atoms with Gasteiger partial charge in [0, 0.05) is 23.1 Å². The highest BCUT2D eigenvalue weighted by atomic mass is 16.5. The van der Waals surface area contributed by atoms with Gasteiger partial charge in [0.05, 0.1) is 20.8 Å². The van der Waals surface area contributed by atoms with Crippen LogP contribution in [0.3, 0.4) is 0 Å². The first-order valence-corrected chi connectivity index (χ1v) is 10.2. The molecule has 9 nitrogen and oxygen atoms in total. The van der Waals surface area contributed by atoms with E-state index in [4.69, 9.17) is 9.47 Å². The number of methoxy groups -OCH3 is 2. The van der Waals surface area contributed by atoms with Crippen LogP contribution < -0.4 is 25.4 Å². The quantitative estimate of drug-likeness (QED) is 0.294. The topological polar surface area (TPSA) is 113 Å². The Kier molecular flexibility index (Phi) is 6.81. The highest BCUT2D eigenvalue weighted by molar-refractivity contribution is 5.63. The number of aromatic nitrogens is 3. The molecule has 0 aliphatic carbocycles. The van der Waals surface area contributed by atoms with Crippen molar-refractivity contribution in [3.05, 3.63) is 78.4 Å². The zero-order valence-corrected chi connectivity index (χ0v) is 18.2. The maximum atomic E-state index is 9.42. The van der Waals surface area contributed by atoms with Gasteiger partial charge in [-0.3, -0.25) is 0 Å². The Hall–Kier alpha value is -4.37. The van der Waals surface area contributed by atoms with Crippen molar-refractivity contribution < 1.29 is 14.6 Å². The highest BCUT2D eigenvalue weighted by Crippen LogP contribution is 2.24. The number of nitrogens with zero attached hydrogens (tertiary/aromatic N) is 3. The van der Waals surface area contributed by atoms with E-state index in [0.29, 0.717) is 23.6 Å². The number of aliphatic hydroxyl groups excluding tert-OH is 1. The van der Waals surface area contributed by atoms with Gasteiger partial charge in [0.2, 0.25) is 17.8 Å². The van der Waals surface area contributed by atoms with E-state index in [1.165, 1.54) is 0 Å². The average Bonchev–Trinajstić information content (AvgIpc) is 2.84. The second-order valence-electron chi connectivity index (χ2n) is 7.00. The van der Waals surface area contributed by atoms with E-state index in [-0.39, 0.29) is 6.61 Å². The fraction of sp³-hybridized carbons (Fsp3) is 0.125. The number of anilines is 6. The lowest BCUT2D eigenvalue weighted by Gasteiger charge is -2.12. The summed E-state index contributed by atoms with van der Waals surface area (Å²) < 4.78 is 10.5. The lowest BCUT2D eigenvalue weighted by atomic mass is 10.2. The lowest BCUT2D eigenvalue weighted by Crippen LogP contribution is -2.07. The molecule has 1 aromatic heterocycles. The van der Waals surface area contributed by atoms with E-state index in [1.807, 2.05) is 72.8 Å². The van der Waals surface area contributed by atoms with Crippen LogP contribution in [-0.2, 0) is 6.61 Å². The third-order valence-corrected chi connectivity index (χ3v) is 4.67. The van der Waals surface area contributed by atoms with Gasteiger partial charge in [0.1, 0.15) is 11.5 Å². The van der Waals surface area contributed by atoms with E-state index in [2.05, 4.69) is 30.9 Å². The number of rotatable bonds is 9. The number of aliphatic hydroxyl groups is 1. The maximum absolute atomic E-state index is 9.42. The minimum Gasteiger partial charge on any atom is -0.497 e. The molecular formula is C24H24N6O3. The lowest BCUT2D eigenvalue weighted by molar-refractivity contribution is 0.282. The molecule has 0 aliphatic heterocycles. The van der Waals surface area contributed by atoms with Crippen molar-refractivity contribution in [1.82, 2.24) is 15.0 Å². The Balaban J connectivity index is 1.64. The Bertz CT molecular complexity index is 1150. The zero-order chi connectivity index (χ0) is 23.0. The van der Waals surface area contributed by atoms with Gasteiger partial charge in [-0.1, -0.05) is 18.2 Å². The second-order valence-corrected chi connectivity index (χ2v) is 7.00. The molecular weight excluding hydrogens is 420 g/mol. The van der Waals surface area contributed by atoms with Crippen LogP contribution in [0.2, 0.25) is 0 Å². The Labute approximate surface area is 191 Å². The van der Waals surface area contributed by atoms with Crippen LogP contribution in [0.25, 0.3) is 0 Å². The summed E-state index contributed by atoms with van der Waals surface area (Å²) >= 11 is 0. The molecule has 0 saturated carbocycles. The first-order chi connectivity index (χ1) is 16.1. The molecule has 33 heavy (non-hydrogen) atoms. The number of ether oxygens (including phenoxy) is 2. The van der Waals surface area contributed by atoms with Gasteiger partial charge in [-0.05, 0) is 54.1 Å². The van der Waals surface area contributed by atoms with Crippen LogP contribution in [0, 0.1) is 0 Å². The van der Waals surface area contributed by atoms with Crippen molar-refractivity contribution in [2.45, 2.75) is 6.61 Å². The third-order valence-electron chi connectivity index (χ3n) is 4.67. The molecule has 0 amide bonds. The molecule has 4 aromatic rings. The van der Waals surface area contributed by atoms with Crippen molar-refractivity contribution in [3.8, 4) is 11.5 Å². The first kappa shape index (κ1) is 21.8. The molecule has 1 heterocycles. The zero-order valence-electron chi connectivity index (χ0n) is 18.2. The summed E-state index contributed by atoms with van der Waals surface area (Å²) in [5, 5.41) is 19.0. The van der Waals surface area contributed by atoms with Crippen molar-refractivity contribution in [1.29, 1.82) is 0 Å². The van der Waals surface area contributed by atoms with Crippen LogP contribution in [0.1, 0.15) is 5.56 Å². The number of benzene rings is 3. The van der Waals surface area contributed by atoms with Gasteiger partial charge in [-0.25, -0.2) is 0 Å². The second kappa shape index (κ2) is 10.3. The molecule has 9 heteroatoms. The molecule has 0 spiro atoms. The monoisotopic (exact) mass is 444 g/mol. The fourth-order valence-electron chi connectivity index (χ4n) is 3.05. The standard InChI is InChI=1S/C24H24N6O3/c1-32-20-11-9-17(10-12-20)25-22-28-23(26-18-6-3-5-16(13-18)15-31)30-24(29-22)27-19-7-4-8-21(14-19)33-2/h3-14,31H,15H2,1-2H3,(H3,25,26,27,28,29,30). The van der Waals surface area contributed by atoms with E-state index in [0.717, 1.165) is 28.4 Å². The molecule has 0 bridgehead atoms. The normalized spacial score (nSPS) is 10.4. The molecule has 0 aliphatic rings. The Morgan fingerprint density at radius 1 is 0.636 bits per heavy atom. The van der Waals surface area contributed by atoms with Crippen LogP contribution in [0.15, 0.2) is 72.8 Å². The number of nitrogens with one attached hydrogen (secondary N) is 3. The third kappa shape index (κ3) is 5.86. The highest BCUT2D eigenvalue weighted by Gasteiger charge is 2.09. The van der Waals surface area contributed by atoms with Crippen LogP contribution in [0.4, 0.5) is 34.9 Å². The largest absolute Gasteiger partial charge is 0.497 e. The molecule has 0 saturated heterocycles. The summed E-state index contributed by atoms with van der Waals surface area (Å²) in [6.07, 6.45) is 0. The molecule has 0 fully saturated rings. The summed E-state index contributed by atoms with van der Waals surface area (Å²) in [7, 11) is 3.23. The first-order valence-electron chi connectivity index (χ1n) is 10.2. The number of hydrogen-bond donors (Lipinski definition) is 4. The van der Waals surface area contributed by atoms with E-state index >= 15 is 0 Å². The van der Waals surface area contributed by atoms with Crippen molar-refractivity contribution in [2.24, 2.45) is 0 Å². The summed E-state index contributed by atoms with van der Waals surface area (Å²) in [5.74, 6) is 2.49. The maximum Gasteiger partial charge on any atom is 0.233 e. The minimum atomic E-state index is -0.0559. The van der Waals surface area contributed by atoms with E-state index < -0.39 is 0 Å². The predicted octanol–water partition coefficient (Wildman–Crippen LogP) is 4.61. The molecule has 4 rings (SSSR count). The van der Waals surface area contributed by atoms with Gasteiger partial charge in [0.25, 0.3) is 0 Å². The molecule has 4 N–H and O–H groups in total. The molecule has 168 valence electrons. The van der Waals surface area contributed by atoms with Crippen molar-refractivity contribution in [3.63, 3.8) is 0 Å². The molecule has 0 atom stereocenters. The van der Waals surface area contributed by atoms with Crippen molar-refractivity contribution >= 4 is 34.9 Å². The van der Waals surface area contributed by atoms with Gasteiger partial charge >= 0.3 is 0 Å². The summed E-state index contributed by atoms with van der Waals surface area (Å²) in [6.45, 7) is -0.0559. The number of hydrogen-bond acceptors (Lipinski definition) is 9.